The minimum Gasteiger partial charge on any atom is -0.478 e. The number of benzene rings is 1. The molecule has 1 aliphatic heterocycles. The zero-order chi connectivity index (χ0) is 15.6. The van der Waals surface area contributed by atoms with E-state index in [2.05, 4.69) is 27.7 Å². The Morgan fingerprint density at radius 3 is 2.19 bits per heavy atom. The number of carboxylic acids is 1. The van der Waals surface area contributed by atoms with E-state index in [-0.39, 0.29) is 28.2 Å². The largest absolute Gasteiger partial charge is 0.478 e. The Morgan fingerprint density at radius 2 is 1.67 bits per heavy atom. The Hall–Kier alpha value is -1.84. The van der Waals surface area contributed by atoms with Gasteiger partial charge in [0.15, 0.2) is 0 Å². The second-order valence-corrected chi connectivity index (χ2v) is 7.36. The van der Waals surface area contributed by atoms with Crippen LogP contribution in [0.5, 0.6) is 0 Å². The summed E-state index contributed by atoms with van der Waals surface area (Å²) in [6.07, 6.45) is 0. The van der Waals surface area contributed by atoms with Crippen LogP contribution < -0.4 is 0 Å². The number of amides is 1. The van der Waals surface area contributed by atoms with Crippen molar-refractivity contribution in [1.29, 1.82) is 0 Å². The molecule has 1 amide bonds. The van der Waals surface area contributed by atoms with Gasteiger partial charge in [-0.15, -0.1) is 0 Å². The zero-order valence-corrected chi connectivity index (χ0v) is 12.9. The number of carbonyl (C=O) groups is 2. The molecule has 1 saturated carbocycles. The summed E-state index contributed by atoms with van der Waals surface area (Å²) in [5, 5.41) is 9.05. The monoisotopic (exact) mass is 287 g/mol. The van der Waals surface area contributed by atoms with Gasteiger partial charge in [-0.2, -0.15) is 0 Å². The van der Waals surface area contributed by atoms with Gasteiger partial charge in [0.25, 0.3) is 0 Å². The van der Waals surface area contributed by atoms with E-state index in [0.717, 1.165) is 11.1 Å². The van der Waals surface area contributed by atoms with Gasteiger partial charge in [-0.3, -0.25) is 4.79 Å². The summed E-state index contributed by atoms with van der Waals surface area (Å²) in [5.41, 5.74) is 2.37. The molecule has 0 atom stereocenters. The maximum Gasteiger partial charge on any atom is 0.335 e. The second kappa shape index (κ2) is 4.09. The van der Waals surface area contributed by atoms with Crippen LogP contribution in [0, 0.1) is 16.7 Å². The molecule has 1 heterocycles. The highest BCUT2D eigenvalue weighted by Crippen LogP contribution is 2.69. The van der Waals surface area contributed by atoms with Crippen molar-refractivity contribution in [2.45, 2.75) is 40.8 Å². The summed E-state index contributed by atoms with van der Waals surface area (Å²) in [6.45, 7) is 9.68. The molecule has 1 aromatic carbocycles. The van der Waals surface area contributed by atoms with Gasteiger partial charge in [-0.05, 0) is 34.1 Å². The highest BCUT2D eigenvalue weighted by atomic mass is 16.4. The standard InChI is InChI=1S/C17H21NO3/c1-16(2)13(17(16,3)4)14(19)18-8-11-6-5-10(15(20)21)7-12(11)9-18/h5-7,13H,8-9H2,1-4H3,(H,20,21). The predicted octanol–water partition coefficient (Wildman–Crippen LogP) is 2.91. The van der Waals surface area contributed by atoms with Crippen molar-refractivity contribution in [2.75, 3.05) is 0 Å². The van der Waals surface area contributed by atoms with Crippen LogP contribution in [0.15, 0.2) is 18.2 Å². The number of fused-ring (bicyclic) bond motifs is 1. The molecule has 1 aromatic rings. The lowest BCUT2D eigenvalue weighted by atomic mass is 10.0. The molecule has 0 unspecified atom stereocenters. The topological polar surface area (TPSA) is 57.6 Å². The smallest absolute Gasteiger partial charge is 0.335 e. The minimum absolute atomic E-state index is 0.0328. The first kappa shape index (κ1) is 14.1. The van der Waals surface area contributed by atoms with Gasteiger partial charge >= 0.3 is 5.97 Å². The molecule has 4 nitrogen and oxygen atoms in total. The van der Waals surface area contributed by atoms with Crippen LogP contribution in [0.3, 0.4) is 0 Å². The third-order valence-electron chi connectivity index (χ3n) is 5.75. The summed E-state index contributed by atoms with van der Waals surface area (Å²) in [4.78, 5) is 25.6. The molecule has 0 aromatic heterocycles. The average molecular weight is 287 g/mol. The van der Waals surface area contributed by atoms with Crippen molar-refractivity contribution in [2.24, 2.45) is 16.7 Å². The Bertz CT molecular complexity index is 631. The lowest BCUT2D eigenvalue weighted by Crippen LogP contribution is -2.29. The fourth-order valence-corrected chi connectivity index (χ4v) is 3.68. The Labute approximate surface area is 124 Å². The third kappa shape index (κ3) is 1.88. The van der Waals surface area contributed by atoms with E-state index >= 15 is 0 Å². The number of aromatic carboxylic acids is 1. The Morgan fingerprint density at radius 1 is 1.10 bits per heavy atom. The predicted molar refractivity (Wildman–Crippen MR) is 78.7 cm³/mol. The summed E-state index contributed by atoms with van der Waals surface area (Å²) < 4.78 is 0. The fraction of sp³-hybridized carbons (Fsp3) is 0.529. The van der Waals surface area contributed by atoms with E-state index in [1.165, 1.54) is 0 Å². The van der Waals surface area contributed by atoms with Crippen molar-refractivity contribution >= 4 is 11.9 Å². The number of hydrogen-bond donors (Lipinski definition) is 1. The van der Waals surface area contributed by atoms with Gasteiger partial charge in [0.05, 0.1) is 5.56 Å². The molecule has 1 N–H and O–H groups in total. The van der Waals surface area contributed by atoms with Crippen LogP contribution in [0.4, 0.5) is 0 Å². The van der Waals surface area contributed by atoms with E-state index in [9.17, 15) is 9.59 Å². The van der Waals surface area contributed by atoms with Crippen molar-refractivity contribution in [3.63, 3.8) is 0 Å². The number of nitrogens with zero attached hydrogens (tertiary/aromatic N) is 1. The molecule has 112 valence electrons. The zero-order valence-electron chi connectivity index (χ0n) is 12.9. The molecule has 2 aliphatic rings. The van der Waals surface area contributed by atoms with Crippen LogP contribution in [0.2, 0.25) is 0 Å². The van der Waals surface area contributed by atoms with Crippen LogP contribution >= 0.6 is 0 Å². The van der Waals surface area contributed by atoms with Gasteiger partial charge in [-0.1, -0.05) is 33.8 Å². The van der Waals surface area contributed by atoms with Crippen molar-refractivity contribution < 1.29 is 14.7 Å². The molecule has 1 aliphatic carbocycles. The van der Waals surface area contributed by atoms with Crippen LogP contribution in [-0.4, -0.2) is 21.9 Å². The highest BCUT2D eigenvalue weighted by molar-refractivity contribution is 5.88. The van der Waals surface area contributed by atoms with Crippen molar-refractivity contribution in [3.05, 3.63) is 34.9 Å². The first-order chi connectivity index (χ1) is 9.66. The van der Waals surface area contributed by atoms with Gasteiger partial charge in [0, 0.05) is 19.0 Å². The normalized spacial score (nSPS) is 22.0. The van der Waals surface area contributed by atoms with Crippen LogP contribution in [-0.2, 0) is 17.9 Å². The molecule has 0 radical (unpaired) electrons. The Kier molecular flexibility index (Phi) is 2.75. The molecule has 1 fully saturated rings. The summed E-state index contributed by atoms with van der Waals surface area (Å²) in [7, 11) is 0. The highest BCUT2D eigenvalue weighted by Gasteiger charge is 2.68. The third-order valence-corrected chi connectivity index (χ3v) is 5.75. The molecule has 3 rings (SSSR count). The summed E-state index contributed by atoms with van der Waals surface area (Å²) >= 11 is 0. The summed E-state index contributed by atoms with van der Waals surface area (Å²) in [6, 6.07) is 5.13. The van der Waals surface area contributed by atoms with Crippen molar-refractivity contribution in [3.8, 4) is 0 Å². The molecular formula is C17H21NO3. The fourth-order valence-electron chi connectivity index (χ4n) is 3.68. The second-order valence-electron chi connectivity index (χ2n) is 7.36. The first-order valence-electron chi connectivity index (χ1n) is 7.30. The van der Waals surface area contributed by atoms with E-state index in [1.54, 1.807) is 12.1 Å². The van der Waals surface area contributed by atoms with Crippen LogP contribution in [0.1, 0.15) is 49.2 Å². The first-order valence-corrected chi connectivity index (χ1v) is 7.30. The quantitative estimate of drug-likeness (QED) is 0.910. The van der Waals surface area contributed by atoms with E-state index in [4.69, 9.17) is 5.11 Å². The van der Waals surface area contributed by atoms with Crippen LogP contribution in [0.25, 0.3) is 0 Å². The SMILES string of the molecule is CC1(C)C(C(=O)N2Cc3ccc(C(=O)O)cc3C2)C1(C)C. The van der Waals surface area contributed by atoms with Gasteiger partial charge in [-0.25, -0.2) is 4.79 Å². The van der Waals surface area contributed by atoms with Gasteiger partial charge in [0.2, 0.25) is 5.91 Å². The lowest BCUT2D eigenvalue weighted by molar-refractivity contribution is -0.134. The molecule has 0 spiro atoms. The maximum atomic E-state index is 12.7. The van der Waals surface area contributed by atoms with Gasteiger partial charge < -0.3 is 10.0 Å². The molecule has 0 saturated heterocycles. The number of hydrogen-bond acceptors (Lipinski definition) is 2. The van der Waals surface area contributed by atoms with E-state index in [0.29, 0.717) is 13.1 Å². The number of carbonyl (C=O) groups excluding carboxylic acids is 1. The molecule has 4 heteroatoms. The summed E-state index contributed by atoms with van der Waals surface area (Å²) in [5.74, 6) is -0.677. The van der Waals surface area contributed by atoms with Gasteiger partial charge in [0.1, 0.15) is 0 Å². The molecular weight excluding hydrogens is 266 g/mol. The number of rotatable bonds is 2. The Balaban J connectivity index is 1.80. The maximum absolute atomic E-state index is 12.7. The van der Waals surface area contributed by atoms with E-state index < -0.39 is 5.97 Å². The lowest BCUT2D eigenvalue weighted by Gasteiger charge is -2.16. The van der Waals surface area contributed by atoms with Crippen molar-refractivity contribution in [1.82, 2.24) is 4.90 Å². The molecule has 0 bridgehead atoms. The average Bonchev–Trinajstić information content (AvgIpc) is 2.74. The van der Waals surface area contributed by atoms with E-state index in [1.807, 2.05) is 11.0 Å². The molecule has 21 heavy (non-hydrogen) atoms. The minimum atomic E-state index is -0.924. The number of carboxylic acid groups (broad SMARTS) is 1.